The van der Waals surface area contributed by atoms with E-state index >= 15 is 0 Å². The average molecular weight is 522 g/mol. The summed E-state index contributed by atoms with van der Waals surface area (Å²) >= 11 is 0. The molecule has 0 aliphatic heterocycles. The van der Waals surface area contributed by atoms with E-state index in [0.29, 0.717) is 29.4 Å². The normalized spacial score (nSPS) is 11.0. The van der Waals surface area contributed by atoms with Crippen LogP contribution >= 0.6 is 0 Å². The van der Waals surface area contributed by atoms with Crippen LogP contribution in [0, 0.1) is 13.8 Å². The van der Waals surface area contributed by atoms with Crippen LogP contribution in [0.25, 0.3) is 11.3 Å². The number of amides is 2. The van der Waals surface area contributed by atoms with Crippen LogP contribution in [0.5, 0.6) is 0 Å². The van der Waals surface area contributed by atoms with E-state index in [1.54, 1.807) is 42.7 Å². The molecule has 2 aromatic carbocycles. The molecule has 0 spiro atoms. The van der Waals surface area contributed by atoms with Gasteiger partial charge in [-0.2, -0.15) is 0 Å². The number of anilines is 4. The summed E-state index contributed by atoms with van der Waals surface area (Å²) in [6.07, 6.45) is 6.74. The fourth-order valence-corrected chi connectivity index (χ4v) is 3.70. The van der Waals surface area contributed by atoms with Crippen LogP contribution in [0.15, 0.2) is 85.2 Å². The molecule has 4 rings (SSSR count). The van der Waals surface area contributed by atoms with Crippen LogP contribution in [0.4, 0.5) is 23.0 Å². The Morgan fingerprint density at radius 2 is 1.74 bits per heavy atom. The summed E-state index contributed by atoms with van der Waals surface area (Å²) in [5.74, 6) is -0.0707. The van der Waals surface area contributed by atoms with Gasteiger partial charge in [0, 0.05) is 58.9 Å². The fourth-order valence-electron chi connectivity index (χ4n) is 3.70. The van der Waals surface area contributed by atoms with E-state index in [1.807, 2.05) is 69.2 Å². The summed E-state index contributed by atoms with van der Waals surface area (Å²) in [6, 6.07) is 18.1. The summed E-state index contributed by atoms with van der Waals surface area (Å²) in [4.78, 5) is 40.3. The second kappa shape index (κ2) is 12.6. The Morgan fingerprint density at radius 1 is 0.923 bits per heavy atom. The Hall–Kier alpha value is -4.89. The van der Waals surface area contributed by atoms with E-state index < -0.39 is 0 Å². The van der Waals surface area contributed by atoms with Crippen LogP contribution in [0.3, 0.4) is 0 Å². The third kappa shape index (κ3) is 7.80. The minimum atomic E-state index is -0.280. The number of nitrogens with one attached hydrogen (secondary N) is 3. The number of aromatic nitrogens is 3. The molecule has 2 aromatic heterocycles. The van der Waals surface area contributed by atoms with Gasteiger partial charge in [-0.3, -0.25) is 14.6 Å². The standard InChI is InChI=1S/C30H31N7O2/c1-20-17-25(34-29(39)22-7-5-8-24(18-22)33-28(38)9-6-16-37(3)4)12-13-26(20)35-30-31-15-14-27(36-30)23-11-10-21(2)32-19-23/h5-15,17-19H,16H2,1-4H3,(H,33,38)(H,34,39)(H,31,35,36)/b9-6+. The average Bonchev–Trinajstić information content (AvgIpc) is 2.91. The summed E-state index contributed by atoms with van der Waals surface area (Å²) < 4.78 is 0. The van der Waals surface area contributed by atoms with Gasteiger partial charge in [-0.15, -0.1) is 0 Å². The molecule has 9 heteroatoms. The molecule has 0 unspecified atom stereocenters. The first-order valence-corrected chi connectivity index (χ1v) is 12.4. The van der Waals surface area contributed by atoms with Gasteiger partial charge in [0.25, 0.3) is 5.91 Å². The first kappa shape index (κ1) is 27.2. The number of carbonyl (C=O) groups excluding carboxylic acids is 2. The van der Waals surface area contributed by atoms with Crippen LogP contribution in [-0.2, 0) is 4.79 Å². The van der Waals surface area contributed by atoms with Crippen LogP contribution in [0.1, 0.15) is 21.6 Å². The Balaban J connectivity index is 1.40. The lowest BCUT2D eigenvalue weighted by Crippen LogP contribution is -2.14. The third-order valence-corrected chi connectivity index (χ3v) is 5.73. The van der Waals surface area contributed by atoms with Crippen LogP contribution in [0.2, 0.25) is 0 Å². The molecule has 2 amide bonds. The van der Waals surface area contributed by atoms with Gasteiger partial charge in [0.2, 0.25) is 11.9 Å². The highest BCUT2D eigenvalue weighted by Crippen LogP contribution is 2.24. The molecular weight excluding hydrogens is 490 g/mol. The molecule has 0 atom stereocenters. The molecule has 9 nitrogen and oxygen atoms in total. The molecule has 198 valence electrons. The molecule has 0 aliphatic carbocycles. The van der Waals surface area contributed by atoms with Crippen molar-refractivity contribution < 1.29 is 9.59 Å². The second-order valence-electron chi connectivity index (χ2n) is 9.30. The largest absolute Gasteiger partial charge is 0.324 e. The molecule has 0 saturated heterocycles. The van der Waals surface area contributed by atoms with Crippen molar-refractivity contribution in [3.05, 3.63) is 102 Å². The van der Waals surface area contributed by atoms with E-state index in [1.165, 1.54) is 6.08 Å². The number of benzene rings is 2. The number of carbonyl (C=O) groups is 2. The van der Waals surface area contributed by atoms with Crippen molar-refractivity contribution in [1.29, 1.82) is 0 Å². The Bertz CT molecular complexity index is 1500. The Kier molecular flexibility index (Phi) is 8.75. The Morgan fingerprint density at radius 3 is 2.49 bits per heavy atom. The molecule has 2 heterocycles. The van der Waals surface area contributed by atoms with Gasteiger partial charge in [0.05, 0.1) is 5.69 Å². The van der Waals surface area contributed by atoms with Crippen LogP contribution < -0.4 is 16.0 Å². The molecule has 0 fully saturated rings. The number of hydrogen-bond donors (Lipinski definition) is 3. The highest BCUT2D eigenvalue weighted by molar-refractivity contribution is 6.06. The number of hydrogen-bond acceptors (Lipinski definition) is 7. The molecule has 3 N–H and O–H groups in total. The monoisotopic (exact) mass is 521 g/mol. The van der Waals surface area contributed by atoms with Crippen molar-refractivity contribution in [3.63, 3.8) is 0 Å². The first-order chi connectivity index (χ1) is 18.8. The van der Waals surface area contributed by atoms with Gasteiger partial charge < -0.3 is 20.9 Å². The first-order valence-electron chi connectivity index (χ1n) is 12.4. The summed E-state index contributed by atoms with van der Waals surface area (Å²) in [5, 5.41) is 8.95. The number of aryl methyl sites for hydroxylation is 2. The molecule has 39 heavy (non-hydrogen) atoms. The molecule has 0 saturated carbocycles. The summed E-state index contributed by atoms with van der Waals surface area (Å²) in [5.41, 5.74) is 5.96. The van der Waals surface area contributed by atoms with Crippen molar-refractivity contribution in [2.45, 2.75) is 13.8 Å². The molecule has 0 aliphatic rings. The van der Waals surface area contributed by atoms with Gasteiger partial charge in [0.15, 0.2) is 0 Å². The van der Waals surface area contributed by atoms with Crippen molar-refractivity contribution in [2.75, 3.05) is 36.6 Å². The summed E-state index contributed by atoms with van der Waals surface area (Å²) in [6.45, 7) is 4.54. The maximum absolute atomic E-state index is 12.9. The van der Waals surface area contributed by atoms with Crippen molar-refractivity contribution in [3.8, 4) is 11.3 Å². The number of pyridine rings is 1. The number of rotatable bonds is 9. The van der Waals surface area contributed by atoms with Crippen molar-refractivity contribution >= 4 is 34.8 Å². The third-order valence-electron chi connectivity index (χ3n) is 5.73. The van der Waals surface area contributed by atoms with Gasteiger partial charge in [0.1, 0.15) is 0 Å². The highest BCUT2D eigenvalue weighted by Gasteiger charge is 2.10. The topological polar surface area (TPSA) is 112 Å². The van der Waals surface area contributed by atoms with E-state index in [0.717, 1.165) is 28.2 Å². The van der Waals surface area contributed by atoms with E-state index in [2.05, 4.69) is 30.9 Å². The maximum atomic E-state index is 12.9. The lowest BCUT2D eigenvalue weighted by atomic mass is 10.1. The molecule has 0 bridgehead atoms. The smallest absolute Gasteiger partial charge is 0.255 e. The SMILES string of the molecule is Cc1ccc(-c2ccnc(Nc3ccc(NC(=O)c4cccc(NC(=O)/C=C/CN(C)C)c4)cc3C)n2)cn1. The zero-order valence-corrected chi connectivity index (χ0v) is 22.4. The molecule has 4 aromatic rings. The van der Waals surface area contributed by atoms with E-state index in [4.69, 9.17) is 0 Å². The van der Waals surface area contributed by atoms with Crippen molar-refractivity contribution in [1.82, 2.24) is 19.9 Å². The number of nitrogens with zero attached hydrogens (tertiary/aromatic N) is 4. The maximum Gasteiger partial charge on any atom is 0.255 e. The van der Waals surface area contributed by atoms with E-state index in [-0.39, 0.29) is 11.8 Å². The van der Waals surface area contributed by atoms with Crippen LogP contribution in [-0.4, -0.2) is 52.3 Å². The fraction of sp³-hybridized carbons (Fsp3) is 0.167. The zero-order chi connectivity index (χ0) is 27.8. The highest BCUT2D eigenvalue weighted by atomic mass is 16.2. The Labute approximate surface area is 228 Å². The van der Waals surface area contributed by atoms with Crippen molar-refractivity contribution in [2.24, 2.45) is 0 Å². The number of likely N-dealkylation sites (N-methyl/N-ethyl adjacent to an activating group) is 1. The minimum absolute atomic E-state index is 0.252. The lowest BCUT2D eigenvalue weighted by Gasteiger charge is -2.12. The van der Waals surface area contributed by atoms with Gasteiger partial charge in [-0.1, -0.05) is 12.1 Å². The molecule has 0 radical (unpaired) electrons. The van der Waals surface area contributed by atoms with Gasteiger partial charge >= 0.3 is 0 Å². The lowest BCUT2D eigenvalue weighted by molar-refractivity contribution is -0.111. The summed E-state index contributed by atoms with van der Waals surface area (Å²) in [7, 11) is 3.85. The van der Waals surface area contributed by atoms with Gasteiger partial charge in [-0.25, -0.2) is 9.97 Å². The quantitative estimate of drug-likeness (QED) is 0.259. The minimum Gasteiger partial charge on any atom is -0.324 e. The predicted octanol–water partition coefficient (Wildman–Crippen LogP) is 5.21. The second-order valence-corrected chi connectivity index (χ2v) is 9.30. The van der Waals surface area contributed by atoms with Gasteiger partial charge in [-0.05, 0) is 88.1 Å². The zero-order valence-electron chi connectivity index (χ0n) is 22.4. The molecular formula is C30H31N7O2. The van der Waals surface area contributed by atoms with E-state index in [9.17, 15) is 9.59 Å². The predicted molar refractivity (Wildman–Crippen MR) is 155 cm³/mol.